The van der Waals surface area contributed by atoms with E-state index in [1.807, 2.05) is 13.8 Å². The highest BCUT2D eigenvalue weighted by atomic mass is 19.4. The maximum absolute atomic E-state index is 12.9. The maximum Gasteiger partial charge on any atom is 0.433 e. The molecule has 7 heteroatoms. The highest BCUT2D eigenvalue weighted by Gasteiger charge is 2.33. The maximum atomic E-state index is 12.9. The molecule has 0 spiro atoms. The zero-order chi connectivity index (χ0) is 17.5. The Labute approximate surface area is 137 Å². The number of Topliss-reactive ketones (excluding diaryl/α,β-unsaturated/α-hetero) is 1. The first-order valence-corrected chi connectivity index (χ1v) is 7.91. The zero-order valence-electron chi connectivity index (χ0n) is 13.5. The molecule has 0 unspecified atom stereocenters. The Balaban J connectivity index is 2.02. The molecule has 1 aliphatic carbocycles. The molecule has 4 nitrogen and oxygen atoms in total. The zero-order valence-corrected chi connectivity index (χ0v) is 13.5. The van der Waals surface area contributed by atoms with Crippen molar-refractivity contribution in [2.45, 2.75) is 51.2 Å². The van der Waals surface area contributed by atoms with E-state index >= 15 is 0 Å². The van der Waals surface area contributed by atoms with Crippen LogP contribution >= 0.6 is 0 Å². The van der Waals surface area contributed by atoms with Crippen LogP contribution in [-0.2, 0) is 11.0 Å². The fraction of sp³-hybridized carbons (Fsp3) is 0.471. The van der Waals surface area contributed by atoms with Crippen LogP contribution in [-0.4, -0.2) is 20.5 Å². The molecule has 2 aromatic rings. The number of halogens is 3. The van der Waals surface area contributed by atoms with Crippen molar-refractivity contribution in [2.24, 2.45) is 0 Å². The summed E-state index contributed by atoms with van der Waals surface area (Å²) in [4.78, 5) is 15.3. The van der Waals surface area contributed by atoms with Gasteiger partial charge in [0.25, 0.3) is 0 Å². The van der Waals surface area contributed by atoms with E-state index in [4.69, 9.17) is 0 Å². The Kier molecular flexibility index (Phi) is 4.19. The summed E-state index contributed by atoms with van der Waals surface area (Å²) in [5.41, 5.74) is 0.556. The van der Waals surface area contributed by atoms with Crippen LogP contribution in [0.1, 0.15) is 56.5 Å². The quantitative estimate of drug-likeness (QED) is 0.835. The minimum absolute atomic E-state index is 0.0512. The van der Waals surface area contributed by atoms with Crippen molar-refractivity contribution in [2.75, 3.05) is 0 Å². The number of carbonyl (C=O) groups excluding carboxylic acids is 1. The third-order valence-corrected chi connectivity index (χ3v) is 4.22. The van der Waals surface area contributed by atoms with Crippen LogP contribution in [0.2, 0.25) is 0 Å². The molecule has 2 aromatic heterocycles. The lowest BCUT2D eigenvalue weighted by Crippen LogP contribution is -2.10. The van der Waals surface area contributed by atoms with E-state index in [1.54, 1.807) is 10.7 Å². The number of nitrogens with zero attached hydrogens (tertiary/aromatic N) is 3. The average molecular weight is 337 g/mol. The standard InChI is InChI=1S/C17H18F3N3O/c1-10(2)23-15(11-6-7-12(24)8-11)9-14(22-23)13-4-3-5-16(21-13)17(18,19)20/h3-5,9-11H,6-8H2,1-2H3/t11-/m1/s1. The van der Waals surface area contributed by atoms with E-state index in [9.17, 15) is 18.0 Å². The summed E-state index contributed by atoms with van der Waals surface area (Å²) in [6, 6.07) is 5.62. The smallest absolute Gasteiger partial charge is 0.300 e. The molecule has 1 saturated carbocycles. The Morgan fingerprint density at radius 2 is 2.00 bits per heavy atom. The minimum atomic E-state index is -4.49. The summed E-state index contributed by atoms with van der Waals surface area (Å²) in [5.74, 6) is 0.294. The molecule has 0 amide bonds. The van der Waals surface area contributed by atoms with Crippen molar-refractivity contribution in [1.29, 1.82) is 0 Å². The van der Waals surface area contributed by atoms with Gasteiger partial charge in [-0.25, -0.2) is 4.98 Å². The fourth-order valence-corrected chi connectivity index (χ4v) is 3.05. The average Bonchev–Trinajstić information content (AvgIpc) is 3.12. The van der Waals surface area contributed by atoms with Gasteiger partial charge in [-0.15, -0.1) is 0 Å². The summed E-state index contributed by atoms with van der Waals surface area (Å²) in [6.07, 6.45) is -2.72. The topological polar surface area (TPSA) is 47.8 Å². The van der Waals surface area contributed by atoms with Crippen molar-refractivity contribution in [3.63, 3.8) is 0 Å². The lowest BCUT2D eigenvalue weighted by Gasteiger charge is -2.14. The number of hydrogen-bond donors (Lipinski definition) is 0. The SMILES string of the molecule is CC(C)n1nc(-c2cccc(C(F)(F)F)n2)cc1[C@@H]1CCC(=O)C1. The van der Waals surface area contributed by atoms with Crippen molar-refractivity contribution < 1.29 is 18.0 Å². The Hall–Kier alpha value is -2.18. The van der Waals surface area contributed by atoms with Crippen LogP contribution in [0.25, 0.3) is 11.4 Å². The molecule has 1 aliphatic rings. The van der Waals surface area contributed by atoms with Gasteiger partial charge in [-0.3, -0.25) is 9.48 Å². The van der Waals surface area contributed by atoms with Crippen molar-refractivity contribution in [3.05, 3.63) is 35.7 Å². The Morgan fingerprint density at radius 3 is 2.58 bits per heavy atom. The number of hydrogen-bond acceptors (Lipinski definition) is 3. The van der Waals surface area contributed by atoms with Crippen LogP contribution in [0, 0.1) is 0 Å². The highest BCUT2D eigenvalue weighted by Crippen LogP contribution is 2.35. The van der Waals surface area contributed by atoms with Gasteiger partial charge >= 0.3 is 6.18 Å². The summed E-state index contributed by atoms with van der Waals surface area (Å²) in [5, 5.41) is 4.45. The van der Waals surface area contributed by atoms with Gasteiger partial charge in [-0.1, -0.05) is 6.07 Å². The lowest BCUT2D eigenvalue weighted by molar-refractivity contribution is -0.141. The van der Waals surface area contributed by atoms with E-state index in [1.165, 1.54) is 12.1 Å². The number of ketones is 1. The number of pyridine rings is 1. The molecule has 1 fully saturated rings. The molecule has 0 bridgehead atoms. The lowest BCUT2D eigenvalue weighted by atomic mass is 10.0. The van der Waals surface area contributed by atoms with Gasteiger partial charge in [0.05, 0.1) is 5.69 Å². The molecular formula is C17H18F3N3O. The molecule has 0 aromatic carbocycles. The summed E-state index contributed by atoms with van der Waals surface area (Å²) in [6.45, 7) is 3.91. The predicted octanol–water partition coefficient (Wildman–Crippen LogP) is 4.38. The van der Waals surface area contributed by atoms with Crippen LogP contribution in [0.4, 0.5) is 13.2 Å². The van der Waals surface area contributed by atoms with Gasteiger partial charge in [0.1, 0.15) is 17.2 Å². The number of carbonyl (C=O) groups is 1. The highest BCUT2D eigenvalue weighted by molar-refractivity contribution is 5.81. The second kappa shape index (κ2) is 6.03. The second-order valence-corrected chi connectivity index (χ2v) is 6.38. The fourth-order valence-electron chi connectivity index (χ4n) is 3.05. The van der Waals surface area contributed by atoms with Crippen LogP contribution < -0.4 is 0 Å². The normalized spacial score (nSPS) is 18.6. The summed E-state index contributed by atoms with van der Waals surface area (Å²) in [7, 11) is 0. The van der Waals surface area contributed by atoms with Gasteiger partial charge < -0.3 is 0 Å². The van der Waals surface area contributed by atoms with Crippen LogP contribution in [0.15, 0.2) is 24.3 Å². The van der Waals surface area contributed by atoms with E-state index in [2.05, 4.69) is 10.1 Å². The Morgan fingerprint density at radius 1 is 1.25 bits per heavy atom. The largest absolute Gasteiger partial charge is 0.433 e. The van der Waals surface area contributed by atoms with E-state index < -0.39 is 11.9 Å². The Bertz CT molecular complexity index is 765. The van der Waals surface area contributed by atoms with E-state index in [0.29, 0.717) is 18.5 Å². The molecule has 24 heavy (non-hydrogen) atoms. The van der Waals surface area contributed by atoms with E-state index in [-0.39, 0.29) is 23.4 Å². The first-order chi connectivity index (χ1) is 11.3. The van der Waals surface area contributed by atoms with Crippen molar-refractivity contribution in [1.82, 2.24) is 14.8 Å². The van der Waals surface area contributed by atoms with Gasteiger partial charge in [0.15, 0.2) is 0 Å². The van der Waals surface area contributed by atoms with E-state index in [0.717, 1.165) is 18.2 Å². The predicted molar refractivity (Wildman–Crippen MR) is 82.4 cm³/mol. The van der Waals surface area contributed by atoms with Crippen molar-refractivity contribution in [3.8, 4) is 11.4 Å². The molecule has 0 radical (unpaired) electrons. The van der Waals surface area contributed by atoms with Crippen molar-refractivity contribution >= 4 is 5.78 Å². The van der Waals surface area contributed by atoms with Crippen LogP contribution in [0.3, 0.4) is 0 Å². The number of alkyl halides is 3. The molecule has 2 heterocycles. The first kappa shape index (κ1) is 16.7. The molecule has 0 N–H and O–H groups in total. The minimum Gasteiger partial charge on any atom is -0.300 e. The van der Waals surface area contributed by atoms with Gasteiger partial charge in [0, 0.05) is 30.5 Å². The summed E-state index contributed by atoms with van der Waals surface area (Å²) >= 11 is 0. The number of rotatable bonds is 3. The first-order valence-electron chi connectivity index (χ1n) is 7.91. The number of aromatic nitrogens is 3. The molecular weight excluding hydrogens is 319 g/mol. The molecule has 0 saturated heterocycles. The monoisotopic (exact) mass is 337 g/mol. The van der Waals surface area contributed by atoms with Gasteiger partial charge in [0.2, 0.25) is 0 Å². The second-order valence-electron chi connectivity index (χ2n) is 6.38. The van der Waals surface area contributed by atoms with Gasteiger partial charge in [-0.05, 0) is 38.5 Å². The molecule has 0 aliphatic heterocycles. The summed E-state index contributed by atoms with van der Waals surface area (Å²) < 4.78 is 40.4. The molecule has 128 valence electrons. The molecule has 1 atom stereocenters. The van der Waals surface area contributed by atoms with Gasteiger partial charge in [-0.2, -0.15) is 18.3 Å². The molecule has 3 rings (SSSR count). The van der Waals surface area contributed by atoms with Crippen LogP contribution in [0.5, 0.6) is 0 Å². The third kappa shape index (κ3) is 3.20. The third-order valence-electron chi connectivity index (χ3n) is 4.22.